The van der Waals surface area contributed by atoms with Crippen molar-refractivity contribution < 1.29 is 5.11 Å². The molecule has 0 spiro atoms. The van der Waals surface area contributed by atoms with Crippen LogP contribution in [0, 0.1) is 12.3 Å². The molecule has 0 aliphatic heterocycles. The summed E-state index contributed by atoms with van der Waals surface area (Å²) < 4.78 is 0. The van der Waals surface area contributed by atoms with E-state index >= 15 is 0 Å². The lowest BCUT2D eigenvalue weighted by atomic mass is 9.74. The molecule has 1 unspecified atom stereocenters. The van der Waals surface area contributed by atoms with Gasteiger partial charge < -0.3 is 5.11 Å². The summed E-state index contributed by atoms with van der Waals surface area (Å²) in [6, 6.07) is 8.37. The van der Waals surface area contributed by atoms with Crippen LogP contribution in [0.5, 0.6) is 0 Å². The summed E-state index contributed by atoms with van der Waals surface area (Å²) in [5.41, 5.74) is 1.69. The van der Waals surface area contributed by atoms with Gasteiger partial charge in [0.2, 0.25) is 0 Å². The van der Waals surface area contributed by atoms with Crippen LogP contribution in [-0.4, -0.2) is 10.7 Å². The molecule has 0 radical (unpaired) electrons. The molecule has 0 saturated heterocycles. The standard InChI is InChI=1S/C14H22O/c1-11-6-8-12(9-7-11)10-14(5,15)13(2,3)4/h6-9,15H,10H2,1-5H3. The lowest BCUT2D eigenvalue weighted by molar-refractivity contribution is -0.0405. The molecule has 1 atom stereocenters. The molecule has 1 aromatic rings. The molecule has 0 aliphatic carbocycles. The van der Waals surface area contributed by atoms with Crippen LogP contribution in [0.3, 0.4) is 0 Å². The molecule has 1 N–H and O–H groups in total. The molecule has 0 fully saturated rings. The van der Waals surface area contributed by atoms with Crippen molar-refractivity contribution in [3.05, 3.63) is 35.4 Å². The lowest BCUT2D eigenvalue weighted by Crippen LogP contribution is -2.41. The Labute approximate surface area is 93.1 Å². The van der Waals surface area contributed by atoms with Crippen molar-refractivity contribution in [1.82, 2.24) is 0 Å². The average molecular weight is 206 g/mol. The number of rotatable bonds is 2. The van der Waals surface area contributed by atoms with Crippen molar-refractivity contribution in [3.8, 4) is 0 Å². The second-order valence-electron chi connectivity index (χ2n) is 5.69. The third-order valence-corrected chi connectivity index (χ3v) is 3.28. The molecule has 0 saturated carbocycles. The monoisotopic (exact) mass is 206 g/mol. The van der Waals surface area contributed by atoms with E-state index in [4.69, 9.17) is 0 Å². The van der Waals surface area contributed by atoms with E-state index < -0.39 is 5.60 Å². The highest BCUT2D eigenvalue weighted by Gasteiger charge is 2.34. The van der Waals surface area contributed by atoms with E-state index in [0.717, 1.165) is 0 Å². The SMILES string of the molecule is Cc1ccc(CC(C)(O)C(C)(C)C)cc1. The molecular formula is C14H22O. The molecule has 0 aliphatic rings. The van der Waals surface area contributed by atoms with Gasteiger partial charge in [-0.3, -0.25) is 0 Å². The Kier molecular flexibility index (Phi) is 3.25. The molecule has 0 amide bonds. The molecule has 0 bridgehead atoms. The van der Waals surface area contributed by atoms with Crippen molar-refractivity contribution in [2.24, 2.45) is 5.41 Å². The van der Waals surface area contributed by atoms with Gasteiger partial charge in [0.05, 0.1) is 5.60 Å². The summed E-state index contributed by atoms with van der Waals surface area (Å²) in [6.45, 7) is 10.2. The van der Waals surface area contributed by atoms with E-state index in [1.807, 2.05) is 6.92 Å². The van der Waals surface area contributed by atoms with Crippen LogP contribution in [0.25, 0.3) is 0 Å². The molecule has 1 aromatic carbocycles. The highest BCUT2D eigenvalue weighted by Crippen LogP contribution is 2.32. The maximum Gasteiger partial charge on any atom is 0.0707 e. The first kappa shape index (κ1) is 12.3. The van der Waals surface area contributed by atoms with Crippen molar-refractivity contribution >= 4 is 0 Å². The van der Waals surface area contributed by atoms with E-state index in [0.29, 0.717) is 6.42 Å². The molecule has 1 rings (SSSR count). The smallest absolute Gasteiger partial charge is 0.0707 e. The van der Waals surface area contributed by atoms with Crippen LogP contribution in [-0.2, 0) is 6.42 Å². The summed E-state index contributed by atoms with van der Waals surface area (Å²) in [5, 5.41) is 10.4. The minimum Gasteiger partial charge on any atom is -0.389 e. The Balaban J connectivity index is 2.82. The van der Waals surface area contributed by atoms with Crippen LogP contribution in [0.4, 0.5) is 0 Å². The second-order valence-corrected chi connectivity index (χ2v) is 5.69. The number of hydrogen-bond acceptors (Lipinski definition) is 1. The van der Waals surface area contributed by atoms with Crippen molar-refractivity contribution in [2.75, 3.05) is 0 Å². The lowest BCUT2D eigenvalue weighted by Gasteiger charge is -2.37. The minimum absolute atomic E-state index is 0.0993. The van der Waals surface area contributed by atoms with Crippen molar-refractivity contribution in [1.29, 1.82) is 0 Å². The van der Waals surface area contributed by atoms with Crippen LogP contribution in [0.1, 0.15) is 38.8 Å². The number of aryl methyl sites for hydroxylation is 1. The highest BCUT2D eigenvalue weighted by molar-refractivity contribution is 5.23. The minimum atomic E-state index is -0.664. The molecule has 0 heterocycles. The topological polar surface area (TPSA) is 20.2 Å². The summed E-state index contributed by atoms with van der Waals surface area (Å²) in [7, 11) is 0. The predicted octanol–water partition coefficient (Wildman–Crippen LogP) is 3.33. The second kappa shape index (κ2) is 3.97. The van der Waals surface area contributed by atoms with Gasteiger partial charge in [0.1, 0.15) is 0 Å². The maximum atomic E-state index is 10.4. The fraction of sp³-hybridized carbons (Fsp3) is 0.571. The van der Waals surface area contributed by atoms with E-state index in [9.17, 15) is 5.11 Å². The van der Waals surface area contributed by atoms with Gasteiger partial charge >= 0.3 is 0 Å². The van der Waals surface area contributed by atoms with E-state index in [1.165, 1.54) is 11.1 Å². The molecule has 84 valence electrons. The Hall–Kier alpha value is -0.820. The molecule has 1 nitrogen and oxygen atoms in total. The van der Waals surface area contributed by atoms with Gasteiger partial charge in [0.25, 0.3) is 0 Å². The van der Waals surface area contributed by atoms with Gasteiger partial charge in [0, 0.05) is 6.42 Å². The van der Waals surface area contributed by atoms with Crippen LogP contribution >= 0.6 is 0 Å². The first-order chi connectivity index (χ1) is 6.72. The van der Waals surface area contributed by atoms with Gasteiger partial charge in [-0.15, -0.1) is 0 Å². The number of aliphatic hydroxyl groups is 1. The van der Waals surface area contributed by atoms with Crippen LogP contribution < -0.4 is 0 Å². The quantitative estimate of drug-likeness (QED) is 0.787. The summed E-state index contributed by atoms with van der Waals surface area (Å²) in [5.74, 6) is 0. The number of hydrogen-bond donors (Lipinski definition) is 1. The average Bonchev–Trinajstić information content (AvgIpc) is 2.06. The predicted molar refractivity (Wildman–Crippen MR) is 65.0 cm³/mol. The normalized spacial score (nSPS) is 16.1. The summed E-state index contributed by atoms with van der Waals surface area (Å²) in [4.78, 5) is 0. The van der Waals surface area contributed by atoms with E-state index in [-0.39, 0.29) is 5.41 Å². The van der Waals surface area contributed by atoms with Gasteiger partial charge in [0.15, 0.2) is 0 Å². The molecule has 0 aromatic heterocycles. The first-order valence-corrected chi connectivity index (χ1v) is 5.50. The third kappa shape index (κ3) is 3.07. The Morgan fingerprint density at radius 2 is 1.47 bits per heavy atom. The Morgan fingerprint density at radius 3 is 1.87 bits per heavy atom. The fourth-order valence-electron chi connectivity index (χ4n) is 1.37. The van der Waals surface area contributed by atoms with Crippen LogP contribution in [0.15, 0.2) is 24.3 Å². The maximum absolute atomic E-state index is 10.4. The zero-order chi connectivity index (χ0) is 11.7. The van der Waals surface area contributed by atoms with Gasteiger partial charge in [-0.25, -0.2) is 0 Å². The van der Waals surface area contributed by atoms with E-state index in [2.05, 4.69) is 52.0 Å². The molecular weight excluding hydrogens is 184 g/mol. The van der Waals surface area contributed by atoms with Crippen LogP contribution in [0.2, 0.25) is 0 Å². The van der Waals surface area contributed by atoms with Crippen molar-refractivity contribution in [3.63, 3.8) is 0 Å². The zero-order valence-electron chi connectivity index (χ0n) is 10.5. The highest BCUT2D eigenvalue weighted by atomic mass is 16.3. The molecule has 15 heavy (non-hydrogen) atoms. The first-order valence-electron chi connectivity index (χ1n) is 5.50. The zero-order valence-corrected chi connectivity index (χ0v) is 10.5. The Bertz CT molecular complexity index is 314. The third-order valence-electron chi connectivity index (χ3n) is 3.28. The number of benzene rings is 1. The fourth-order valence-corrected chi connectivity index (χ4v) is 1.37. The Morgan fingerprint density at radius 1 is 1.00 bits per heavy atom. The van der Waals surface area contributed by atoms with E-state index in [1.54, 1.807) is 0 Å². The summed E-state index contributed by atoms with van der Waals surface area (Å²) in [6.07, 6.45) is 0.705. The van der Waals surface area contributed by atoms with Crippen molar-refractivity contribution in [2.45, 2.75) is 46.6 Å². The summed E-state index contributed by atoms with van der Waals surface area (Å²) >= 11 is 0. The van der Waals surface area contributed by atoms with Gasteiger partial charge in [-0.05, 0) is 24.8 Å². The van der Waals surface area contributed by atoms with Gasteiger partial charge in [-0.2, -0.15) is 0 Å². The molecule has 1 heteroatoms. The largest absolute Gasteiger partial charge is 0.389 e. The van der Waals surface area contributed by atoms with Gasteiger partial charge in [-0.1, -0.05) is 50.6 Å².